The zero-order valence-corrected chi connectivity index (χ0v) is 14.6. The lowest BCUT2D eigenvalue weighted by atomic mass is 9.84. The van der Waals surface area contributed by atoms with Crippen molar-refractivity contribution in [3.05, 3.63) is 35.4 Å². The molecular weight excluding hydrogens is 302 g/mol. The molecule has 1 aromatic rings. The van der Waals surface area contributed by atoms with E-state index in [-0.39, 0.29) is 17.9 Å². The molecule has 1 saturated heterocycles. The zero-order chi connectivity index (χ0) is 17.3. The number of amides is 1. The van der Waals surface area contributed by atoms with Crippen LogP contribution in [-0.2, 0) is 16.0 Å². The van der Waals surface area contributed by atoms with Gasteiger partial charge in [-0.25, -0.2) is 4.79 Å². The second-order valence-corrected chi connectivity index (χ2v) is 7.54. The van der Waals surface area contributed by atoms with Crippen molar-refractivity contribution in [2.75, 3.05) is 0 Å². The predicted octanol–water partition coefficient (Wildman–Crippen LogP) is 3.42. The van der Waals surface area contributed by atoms with Crippen LogP contribution in [0.5, 0.6) is 0 Å². The molecule has 0 bridgehead atoms. The van der Waals surface area contributed by atoms with Gasteiger partial charge in [0.1, 0.15) is 6.04 Å². The van der Waals surface area contributed by atoms with Gasteiger partial charge in [0, 0.05) is 12.0 Å². The van der Waals surface area contributed by atoms with Crippen LogP contribution in [0.2, 0.25) is 0 Å². The van der Waals surface area contributed by atoms with Crippen LogP contribution in [0.25, 0.3) is 0 Å². The molecule has 0 spiro atoms. The maximum Gasteiger partial charge on any atom is 0.326 e. The molecule has 130 valence electrons. The molecule has 2 fully saturated rings. The van der Waals surface area contributed by atoms with E-state index in [1.807, 2.05) is 13.8 Å². The molecule has 2 aliphatic rings. The van der Waals surface area contributed by atoms with E-state index in [1.54, 1.807) is 4.90 Å². The second kappa shape index (κ2) is 6.96. The third-order valence-corrected chi connectivity index (χ3v) is 5.71. The van der Waals surface area contributed by atoms with E-state index in [2.05, 4.69) is 24.3 Å². The van der Waals surface area contributed by atoms with Crippen molar-refractivity contribution >= 4 is 11.9 Å². The molecule has 4 heteroatoms. The molecule has 1 aromatic carbocycles. The van der Waals surface area contributed by atoms with E-state index in [4.69, 9.17) is 0 Å². The first-order valence-corrected chi connectivity index (χ1v) is 9.08. The first kappa shape index (κ1) is 17.0. The number of carboxylic acids is 1. The molecule has 1 heterocycles. The molecule has 1 saturated carbocycles. The first-order valence-electron chi connectivity index (χ1n) is 9.08. The fourth-order valence-corrected chi connectivity index (χ4v) is 4.42. The quantitative estimate of drug-likeness (QED) is 0.921. The number of carboxylic acid groups (broad SMARTS) is 1. The summed E-state index contributed by atoms with van der Waals surface area (Å²) in [4.78, 5) is 26.5. The van der Waals surface area contributed by atoms with Gasteiger partial charge >= 0.3 is 5.97 Å². The number of carbonyl (C=O) groups excluding carboxylic acids is 1. The summed E-state index contributed by atoms with van der Waals surface area (Å²) in [7, 11) is 0. The Morgan fingerprint density at radius 2 is 1.88 bits per heavy atom. The lowest BCUT2D eigenvalue weighted by Crippen LogP contribution is -2.48. The van der Waals surface area contributed by atoms with Gasteiger partial charge in [-0.1, -0.05) is 49.6 Å². The highest BCUT2D eigenvalue weighted by Crippen LogP contribution is 2.40. The number of likely N-dealkylation sites (tertiary alicyclic amines) is 1. The summed E-state index contributed by atoms with van der Waals surface area (Å²) < 4.78 is 0. The zero-order valence-electron chi connectivity index (χ0n) is 14.6. The lowest BCUT2D eigenvalue weighted by molar-refractivity contribution is -0.151. The highest BCUT2D eigenvalue weighted by molar-refractivity contribution is 5.86. The number of nitrogens with zero attached hydrogens (tertiary/aromatic N) is 1. The number of hydrogen-bond donors (Lipinski definition) is 1. The number of aliphatic carboxylic acids is 1. The summed E-state index contributed by atoms with van der Waals surface area (Å²) in [6.45, 7) is 3.97. The Hall–Kier alpha value is -1.84. The van der Waals surface area contributed by atoms with Gasteiger partial charge in [0.15, 0.2) is 0 Å². The molecule has 4 atom stereocenters. The molecule has 3 rings (SSSR count). The van der Waals surface area contributed by atoms with Crippen molar-refractivity contribution in [1.82, 2.24) is 4.90 Å². The molecule has 0 radical (unpaired) electrons. The summed E-state index contributed by atoms with van der Waals surface area (Å²) in [6.07, 6.45) is 5.57. The number of rotatable bonds is 4. The maximum atomic E-state index is 13.0. The minimum absolute atomic E-state index is 0.0115. The third kappa shape index (κ3) is 3.33. The molecular formula is C20H27NO3. The van der Waals surface area contributed by atoms with Gasteiger partial charge in [0.05, 0.1) is 0 Å². The average Bonchev–Trinajstić information content (AvgIpc) is 2.96. The Kier molecular flexibility index (Phi) is 4.93. The number of fused-ring (bicyclic) bond motifs is 1. The summed E-state index contributed by atoms with van der Waals surface area (Å²) in [6, 6.07) is 7.72. The number of benzene rings is 1. The van der Waals surface area contributed by atoms with Crippen LogP contribution in [0.3, 0.4) is 0 Å². The van der Waals surface area contributed by atoms with Crippen LogP contribution in [0.4, 0.5) is 0 Å². The average molecular weight is 329 g/mol. The second-order valence-electron chi connectivity index (χ2n) is 7.54. The highest BCUT2D eigenvalue weighted by atomic mass is 16.4. The third-order valence-electron chi connectivity index (χ3n) is 5.71. The van der Waals surface area contributed by atoms with Crippen LogP contribution >= 0.6 is 0 Å². The molecule has 1 N–H and O–H groups in total. The fourth-order valence-electron chi connectivity index (χ4n) is 4.42. The van der Waals surface area contributed by atoms with E-state index < -0.39 is 12.0 Å². The van der Waals surface area contributed by atoms with Crippen molar-refractivity contribution in [3.8, 4) is 0 Å². The van der Waals surface area contributed by atoms with E-state index in [0.717, 1.165) is 31.2 Å². The Morgan fingerprint density at radius 1 is 1.21 bits per heavy atom. The molecule has 4 unspecified atom stereocenters. The SMILES string of the molecule is Cc1ccc(CC(C)C(=O)N2C(C(=O)O)CC3CCCCC32)cc1. The van der Waals surface area contributed by atoms with Gasteiger partial charge in [0.25, 0.3) is 0 Å². The summed E-state index contributed by atoms with van der Waals surface area (Å²) in [5, 5.41) is 9.59. The van der Waals surface area contributed by atoms with Gasteiger partial charge in [-0.15, -0.1) is 0 Å². The predicted molar refractivity (Wildman–Crippen MR) is 92.7 cm³/mol. The molecule has 1 amide bonds. The largest absolute Gasteiger partial charge is 0.480 e. The lowest BCUT2D eigenvalue weighted by Gasteiger charge is -2.34. The topological polar surface area (TPSA) is 57.6 Å². The number of hydrogen-bond acceptors (Lipinski definition) is 2. The van der Waals surface area contributed by atoms with Crippen LogP contribution in [-0.4, -0.2) is 34.0 Å². The Balaban J connectivity index is 1.75. The smallest absolute Gasteiger partial charge is 0.326 e. The van der Waals surface area contributed by atoms with Crippen molar-refractivity contribution in [3.63, 3.8) is 0 Å². The first-order chi connectivity index (χ1) is 11.5. The number of carbonyl (C=O) groups is 2. The van der Waals surface area contributed by atoms with Crippen molar-refractivity contribution in [2.24, 2.45) is 11.8 Å². The molecule has 0 aromatic heterocycles. The molecule has 4 nitrogen and oxygen atoms in total. The Morgan fingerprint density at radius 3 is 2.54 bits per heavy atom. The minimum Gasteiger partial charge on any atom is -0.480 e. The van der Waals surface area contributed by atoms with Gasteiger partial charge in [-0.3, -0.25) is 4.79 Å². The Bertz CT molecular complexity index is 610. The van der Waals surface area contributed by atoms with Crippen LogP contribution in [0, 0.1) is 18.8 Å². The van der Waals surface area contributed by atoms with E-state index >= 15 is 0 Å². The summed E-state index contributed by atoms with van der Waals surface area (Å²) in [5.74, 6) is -0.650. The van der Waals surface area contributed by atoms with Gasteiger partial charge in [-0.05, 0) is 44.1 Å². The fraction of sp³-hybridized carbons (Fsp3) is 0.600. The van der Waals surface area contributed by atoms with E-state index in [9.17, 15) is 14.7 Å². The van der Waals surface area contributed by atoms with Gasteiger partial charge in [0.2, 0.25) is 5.91 Å². The highest BCUT2D eigenvalue weighted by Gasteiger charge is 2.48. The van der Waals surface area contributed by atoms with E-state index in [0.29, 0.717) is 18.8 Å². The van der Waals surface area contributed by atoms with Gasteiger partial charge < -0.3 is 10.0 Å². The minimum atomic E-state index is -0.847. The van der Waals surface area contributed by atoms with Gasteiger partial charge in [-0.2, -0.15) is 0 Å². The molecule has 24 heavy (non-hydrogen) atoms. The van der Waals surface area contributed by atoms with E-state index in [1.165, 1.54) is 5.56 Å². The summed E-state index contributed by atoms with van der Waals surface area (Å²) in [5.41, 5.74) is 2.33. The molecule has 1 aliphatic heterocycles. The number of aryl methyl sites for hydroxylation is 1. The maximum absolute atomic E-state index is 13.0. The Labute approximate surface area is 143 Å². The van der Waals surface area contributed by atoms with Crippen LogP contribution < -0.4 is 0 Å². The van der Waals surface area contributed by atoms with Crippen molar-refractivity contribution in [1.29, 1.82) is 0 Å². The van der Waals surface area contributed by atoms with Crippen LogP contribution in [0.15, 0.2) is 24.3 Å². The normalized spacial score (nSPS) is 27.6. The standard InChI is InChI=1S/C20H27NO3/c1-13-7-9-15(10-8-13)11-14(2)19(22)21-17-6-4-3-5-16(17)12-18(21)20(23)24/h7-10,14,16-18H,3-6,11-12H2,1-2H3,(H,23,24). The van der Waals surface area contributed by atoms with Crippen LogP contribution in [0.1, 0.15) is 50.2 Å². The molecule has 1 aliphatic carbocycles. The van der Waals surface area contributed by atoms with Crippen molar-refractivity contribution < 1.29 is 14.7 Å². The van der Waals surface area contributed by atoms with Crippen molar-refractivity contribution in [2.45, 2.75) is 64.5 Å². The summed E-state index contributed by atoms with van der Waals surface area (Å²) >= 11 is 0. The monoisotopic (exact) mass is 329 g/mol.